The van der Waals surface area contributed by atoms with Gasteiger partial charge < -0.3 is 19.8 Å². The highest BCUT2D eigenvalue weighted by Crippen LogP contribution is 2.24. The molecular formula is C19H27BrN2O3. The van der Waals surface area contributed by atoms with Gasteiger partial charge in [0, 0.05) is 29.0 Å². The Morgan fingerprint density at radius 1 is 1.28 bits per heavy atom. The van der Waals surface area contributed by atoms with Gasteiger partial charge >= 0.3 is 6.09 Å². The number of ether oxygens (including phenoxy) is 2. The number of carbonyl (C=O) groups is 1. The van der Waals surface area contributed by atoms with Gasteiger partial charge in [-0.25, -0.2) is 4.79 Å². The van der Waals surface area contributed by atoms with Crippen LogP contribution in [0.4, 0.5) is 4.79 Å². The third-order valence-corrected chi connectivity index (χ3v) is 4.16. The molecule has 0 atom stereocenters. The molecule has 25 heavy (non-hydrogen) atoms. The lowest BCUT2D eigenvalue weighted by Crippen LogP contribution is -2.33. The van der Waals surface area contributed by atoms with Crippen LogP contribution in [0.15, 0.2) is 24.4 Å². The van der Waals surface area contributed by atoms with E-state index < -0.39 is 5.60 Å². The quantitative estimate of drug-likeness (QED) is 0.485. The van der Waals surface area contributed by atoms with Crippen molar-refractivity contribution in [3.8, 4) is 5.75 Å². The number of alkyl carbamates (subject to hydrolysis) is 1. The highest BCUT2D eigenvalue weighted by atomic mass is 79.9. The zero-order valence-electron chi connectivity index (χ0n) is 15.2. The van der Waals surface area contributed by atoms with Crippen molar-refractivity contribution in [2.75, 3.05) is 18.5 Å². The Labute approximate surface area is 157 Å². The van der Waals surface area contributed by atoms with Gasteiger partial charge in [-0.15, -0.1) is 0 Å². The van der Waals surface area contributed by atoms with Crippen LogP contribution < -0.4 is 10.1 Å². The first-order valence-corrected chi connectivity index (χ1v) is 9.77. The first kappa shape index (κ1) is 19.6. The van der Waals surface area contributed by atoms with Crippen molar-refractivity contribution in [2.45, 2.75) is 45.6 Å². The number of carbonyl (C=O) groups excluding carboxylic acids is 1. The van der Waals surface area contributed by atoms with Crippen LogP contribution in [0.3, 0.4) is 0 Å². The third-order valence-electron chi connectivity index (χ3n) is 3.60. The van der Waals surface area contributed by atoms with E-state index in [2.05, 4.69) is 32.3 Å². The molecule has 1 heterocycles. The molecule has 0 fully saturated rings. The molecule has 2 aromatic rings. The van der Waals surface area contributed by atoms with Crippen LogP contribution in [0.5, 0.6) is 5.75 Å². The Morgan fingerprint density at radius 3 is 2.80 bits per heavy atom. The maximum Gasteiger partial charge on any atom is 0.407 e. The first-order valence-electron chi connectivity index (χ1n) is 8.64. The Balaban J connectivity index is 1.91. The molecule has 0 saturated carbocycles. The lowest BCUT2D eigenvalue weighted by Gasteiger charge is -2.19. The Hall–Kier alpha value is -1.69. The van der Waals surface area contributed by atoms with Crippen molar-refractivity contribution in [1.82, 2.24) is 10.3 Å². The molecule has 2 rings (SSSR count). The third kappa shape index (κ3) is 6.61. The van der Waals surface area contributed by atoms with Crippen molar-refractivity contribution < 1.29 is 14.3 Å². The highest BCUT2D eigenvalue weighted by Gasteiger charge is 2.15. The summed E-state index contributed by atoms with van der Waals surface area (Å²) in [7, 11) is 0. The number of nitrogens with one attached hydrogen (secondary N) is 2. The number of halogens is 1. The molecule has 1 amide bonds. The van der Waals surface area contributed by atoms with E-state index in [0.717, 1.165) is 53.4 Å². The SMILES string of the molecule is CC(C)(C)OC(=O)NCCc1c[nH]c2ccc(OCCCCBr)cc12. The van der Waals surface area contributed by atoms with Gasteiger partial charge in [0.1, 0.15) is 11.4 Å². The molecule has 138 valence electrons. The molecule has 1 aromatic carbocycles. The second-order valence-corrected chi connectivity index (χ2v) is 7.74. The lowest BCUT2D eigenvalue weighted by atomic mass is 10.1. The summed E-state index contributed by atoms with van der Waals surface area (Å²) in [5.41, 5.74) is 1.74. The van der Waals surface area contributed by atoms with E-state index in [1.165, 1.54) is 0 Å². The number of alkyl halides is 1. The number of fused-ring (bicyclic) bond motifs is 1. The fraction of sp³-hybridized carbons (Fsp3) is 0.526. The van der Waals surface area contributed by atoms with Gasteiger partial charge in [0.15, 0.2) is 0 Å². The van der Waals surface area contributed by atoms with E-state index in [1.54, 1.807) is 0 Å². The van der Waals surface area contributed by atoms with Gasteiger partial charge in [0.05, 0.1) is 6.61 Å². The monoisotopic (exact) mass is 410 g/mol. The molecule has 1 aromatic heterocycles. The van der Waals surface area contributed by atoms with Crippen LogP contribution in [0.1, 0.15) is 39.2 Å². The van der Waals surface area contributed by atoms with Crippen molar-refractivity contribution >= 4 is 32.9 Å². The fourth-order valence-corrected chi connectivity index (χ4v) is 2.85. The minimum absolute atomic E-state index is 0.386. The molecule has 0 aliphatic rings. The average Bonchev–Trinajstić information content (AvgIpc) is 2.92. The number of aromatic amines is 1. The van der Waals surface area contributed by atoms with Crippen molar-refractivity contribution in [3.63, 3.8) is 0 Å². The minimum Gasteiger partial charge on any atom is -0.494 e. The standard InChI is InChI=1S/C19H27BrN2O3/c1-19(2,3)25-18(23)21-10-8-14-13-22-17-7-6-15(12-16(14)17)24-11-5-4-9-20/h6-7,12-13,22H,4-5,8-11H2,1-3H3,(H,21,23). The second kappa shape index (κ2) is 9.13. The van der Waals surface area contributed by atoms with Crippen molar-refractivity contribution in [2.24, 2.45) is 0 Å². The van der Waals surface area contributed by atoms with E-state index in [-0.39, 0.29) is 6.09 Å². The summed E-state index contributed by atoms with van der Waals surface area (Å²) in [6.45, 7) is 6.80. The van der Waals surface area contributed by atoms with Crippen LogP contribution in [0.2, 0.25) is 0 Å². The number of hydrogen-bond acceptors (Lipinski definition) is 3. The summed E-state index contributed by atoms with van der Waals surface area (Å²) in [6, 6.07) is 6.07. The predicted molar refractivity (Wildman–Crippen MR) is 105 cm³/mol. The lowest BCUT2D eigenvalue weighted by molar-refractivity contribution is 0.0528. The van der Waals surface area contributed by atoms with Crippen LogP contribution in [0.25, 0.3) is 10.9 Å². The molecule has 5 nitrogen and oxygen atoms in total. The Kier molecular flexibility index (Phi) is 7.17. The summed E-state index contributed by atoms with van der Waals surface area (Å²) >= 11 is 3.42. The normalized spacial score (nSPS) is 11.5. The molecule has 0 unspecified atom stereocenters. The zero-order chi connectivity index (χ0) is 18.3. The largest absolute Gasteiger partial charge is 0.494 e. The molecule has 0 bridgehead atoms. The predicted octanol–water partition coefficient (Wildman–Crippen LogP) is 4.79. The number of unbranched alkanes of at least 4 members (excludes halogenated alkanes) is 1. The maximum atomic E-state index is 11.7. The summed E-state index contributed by atoms with van der Waals surface area (Å²) in [4.78, 5) is 15.0. The van der Waals surface area contributed by atoms with Gasteiger partial charge in [-0.1, -0.05) is 15.9 Å². The number of amides is 1. The number of H-pyrrole nitrogens is 1. The Bertz CT molecular complexity index is 692. The molecule has 2 N–H and O–H groups in total. The number of benzene rings is 1. The molecular weight excluding hydrogens is 384 g/mol. The fourth-order valence-electron chi connectivity index (χ4n) is 2.45. The molecule has 6 heteroatoms. The van der Waals surface area contributed by atoms with Crippen LogP contribution in [0, 0.1) is 0 Å². The molecule has 0 saturated heterocycles. The summed E-state index contributed by atoms with van der Waals surface area (Å²) < 4.78 is 11.1. The van der Waals surface area contributed by atoms with Crippen LogP contribution in [-0.4, -0.2) is 35.2 Å². The van der Waals surface area contributed by atoms with Gasteiger partial charge in [0.25, 0.3) is 0 Å². The van der Waals surface area contributed by atoms with Gasteiger partial charge in [-0.2, -0.15) is 0 Å². The average molecular weight is 411 g/mol. The number of rotatable bonds is 8. The Morgan fingerprint density at radius 2 is 2.08 bits per heavy atom. The van der Waals surface area contributed by atoms with Crippen molar-refractivity contribution in [3.05, 3.63) is 30.0 Å². The second-order valence-electron chi connectivity index (χ2n) is 6.94. The zero-order valence-corrected chi connectivity index (χ0v) is 16.7. The molecule has 0 radical (unpaired) electrons. The smallest absolute Gasteiger partial charge is 0.407 e. The summed E-state index contributed by atoms with van der Waals surface area (Å²) in [5.74, 6) is 0.878. The van der Waals surface area contributed by atoms with E-state index in [4.69, 9.17) is 9.47 Å². The van der Waals surface area contributed by atoms with E-state index in [1.807, 2.05) is 39.1 Å². The maximum absolute atomic E-state index is 11.7. The van der Waals surface area contributed by atoms with E-state index in [0.29, 0.717) is 6.54 Å². The van der Waals surface area contributed by atoms with Crippen LogP contribution in [-0.2, 0) is 11.2 Å². The van der Waals surface area contributed by atoms with Gasteiger partial charge in [0.2, 0.25) is 0 Å². The number of aromatic nitrogens is 1. The van der Waals surface area contributed by atoms with Crippen LogP contribution >= 0.6 is 15.9 Å². The van der Waals surface area contributed by atoms with Crippen molar-refractivity contribution in [1.29, 1.82) is 0 Å². The van der Waals surface area contributed by atoms with Gasteiger partial charge in [-0.05, 0) is 63.8 Å². The summed E-state index contributed by atoms with van der Waals surface area (Å²) in [5, 5.41) is 4.93. The topological polar surface area (TPSA) is 63.3 Å². The van der Waals surface area contributed by atoms with E-state index >= 15 is 0 Å². The number of hydrogen-bond donors (Lipinski definition) is 2. The summed E-state index contributed by atoms with van der Waals surface area (Å²) in [6.07, 6.45) is 4.46. The van der Waals surface area contributed by atoms with E-state index in [9.17, 15) is 4.79 Å². The molecule has 0 aliphatic carbocycles. The first-order chi connectivity index (χ1) is 11.9. The molecule has 0 aliphatic heterocycles. The highest BCUT2D eigenvalue weighted by molar-refractivity contribution is 9.09. The minimum atomic E-state index is -0.480. The van der Waals surface area contributed by atoms with Gasteiger partial charge in [-0.3, -0.25) is 0 Å². The molecule has 0 spiro atoms.